The Balaban J connectivity index is 2.33. The molecule has 4 nitrogen and oxygen atoms in total. The molecule has 2 N–H and O–H groups in total. The van der Waals surface area contributed by atoms with E-state index in [2.05, 4.69) is 0 Å². The van der Waals surface area contributed by atoms with Crippen LogP contribution in [0, 0.1) is 5.92 Å². The number of hydrogen-bond acceptors (Lipinski definition) is 3. The highest BCUT2D eigenvalue weighted by Crippen LogP contribution is 2.33. The van der Waals surface area contributed by atoms with Crippen LogP contribution in [0.2, 0.25) is 0 Å². The van der Waals surface area contributed by atoms with Crippen LogP contribution >= 0.6 is 0 Å². The Morgan fingerprint density at radius 2 is 2.06 bits per heavy atom. The molecule has 1 aromatic rings. The normalized spacial score (nSPS) is 16.4. The van der Waals surface area contributed by atoms with E-state index >= 15 is 0 Å². The lowest BCUT2D eigenvalue weighted by molar-refractivity contribution is 0.360. The van der Waals surface area contributed by atoms with Crippen LogP contribution in [0.1, 0.15) is 26.7 Å². The maximum Gasteiger partial charge on any atom is 0.243 e. The van der Waals surface area contributed by atoms with Crippen molar-refractivity contribution in [3.8, 4) is 0 Å². The van der Waals surface area contributed by atoms with Crippen LogP contribution in [0.15, 0.2) is 29.2 Å². The van der Waals surface area contributed by atoms with Crippen LogP contribution in [0.3, 0.4) is 0 Å². The van der Waals surface area contributed by atoms with Crippen LogP contribution in [-0.4, -0.2) is 25.3 Å². The van der Waals surface area contributed by atoms with Crippen molar-refractivity contribution in [3.63, 3.8) is 0 Å². The summed E-state index contributed by atoms with van der Waals surface area (Å²) in [6.07, 6.45) is 1.93. The van der Waals surface area contributed by atoms with Crippen molar-refractivity contribution < 1.29 is 8.42 Å². The molecule has 0 atom stereocenters. The summed E-state index contributed by atoms with van der Waals surface area (Å²) in [5.41, 5.74) is 6.15. The summed E-state index contributed by atoms with van der Waals surface area (Å²) in [5.74, 6) is 0.321. The zero-order valence-corrected chi connectivity index (χ0v) is 11.7. The second-order valence-corrected chi connectivity index (χ2v) is 7.16. The lowest BCUT2D eigenvalue weighted by atomic mass is 10.2. The van der Waals surface area contributed by atoms with Crippen LogP contribution in [-0.2, 0) is 10.0 Å². The molecule has 2 rings (SSSR count). The van der Waals surface area contributed by atoms with Crippen molar-refractivity contribution in [2.24, 2.45) is 5.92 Å². The summed E-state index contributed by atoms with van der Waals surface area (Å²) in [6.45, 7) is 4.64. The van der Waals surface area contributed by atoms with E-state index in [1.54, 1.807) is 22.5 Å². The standard InChI is InChI=1S/C13H20N2O2S/c1-10(2)9-15(12-6-7-12)18(16,17)13-5-3-4-11(14)8-13/h3-5,8,10,12H,6-7,9,14H2,1-2H3. The molecular weight excluding hydrogens is 248 g/mol. The molecule has 18 heavy (non-hydrogen) atoms. The van der Waals surface area contributed by atoms with Crippen LogP contribution in [0.25, 0.3) is 0 Å². The van der Waals surface area contributed by atoms with E-state index in [-0.39, 0.29) is 6.04 Å². The molecule has 1 aromatic carbocycles. The van der Waals surface area contributed by atoms with Crippen LogP contribution in [0.5, 0.6) is 0 Å². The SMILES string of the molecule is CC(C)CN(C1CC1)S(=O)(=O)c1cccc(N)c1. The molecule has 5 heteroatoms. The Morgan fingerprint density at radius 1 is 1.39 bits per heavy atom. The highest BCUT2D eigenvalue weighted by Gasteiger charge is 2.38. The van der Waals surface area contributed by atoms with E-state index in [0.29, 0.717) is 23.0 Å². The number of anilines is 1. The molecule has 0 aliphatic heterocycles. The maximum atomic E-state index is 12.6. The van der Waals surface area contributed by atoms with E-state index in [0.717, 1.165) is 12.8 Å². The van der Waals surface area contributed by atoms with Gasteiger partial charge >= 0.3 is 0 Å². The first kappa shape index (κ1) is 13.4. The minimum Gasteiger partial charge on any atom is -0.399 e. The molecule has 1 aliphatic rings. The molecular formula is C13H20N2O2S. The average Bonchev–Trinajstić information content (AvgIpc) is 3.09. The summed E-state index contributed by atoms with van der Waals surface area (Å²) < 4.78 is 26.8. The number of nitrogen functional groups attached to an aromatic ring is 1. The highest BCUT2D eigenvalue weighted by molar-refractivity contribution is 7.89. The fourth-order valence-corrected chi connectivity index (χ4v) is 3.88. The lowest BCUT2D eigenvalue weighted by Crippen LogP contribution is -2.36. The molecule has 0 unspecified atom stereocenters. The zero-order chi connectivity index (χ0) is 13.3. The molecule has 0 amide bonds. The van der Waals surface area contributed by atoms with Gasteiger partial charge in [0.15, 0.2) is 0 Å². The van der Waals surface area contributed by atoms with Crippen molar-refractivity contribution >= 4 is 15.7 Å². The Morgan fingerprint density at radius 3 is 2.56 bits per heavy atom. The molecule has 1 fully saturated rings. The fourth-order valence-electron chi connectivity index (χ4n) is 1.98. The van der Waals surface area contributed by atoms with Gasteiger partial charge in [-0.2, -0.15) is 4.31 Å². The van der Waals surface area contributed by atoms with Gasteiger partial charge in [0, 0.05) is 18.3 Å². The number of rotatable bonds is 5. The molecule has 100 valence electrons. The van der Waals surface area contributed by atoms with E-state index in [1.807, 2.05) is 13.8 Å². The molecule has 1 saturated carbocycles. The van der Waals surface area contributed by atoms with Gasteiger partial charge in [-0.25, -0.2) is 8.42 Å². The van der Waals surface area contributed by atoms with Gasteiger partial charge in [0.2, 0.25) is 10.0 Å². The topological polar surface area (TPSA) is 63.4 Å². The maximum absolute atomic E-state index is 12.6. The van der Waals surface area contributed by atoms with Gasteiger partial charge in [-0.3, -0.25) is 0 Å². The second kappa shape index (κ2) is 4.90. The molecule has 0 spiro atoms. The largest absolute Gasteiger partial charge is 0.399 e. The van der Waals surface area contributed by atoms with Crippen molar-refractivity contribution in [2.45, 2.75) is 37.6 Å². The third-order valence-corrected chi connectivity index (χ3v) is 4.88. The Bertz CT molecular complexity index is 522. The zero-order valence-electron chi connectivity index (χ0n) is 10.8. The van der Waals surface area contributed by atoms with Crippen molar-refractivity contribution in [3.05, 3.63) is 24.3 Å². The number of nitrogens with zero attached hydrogens (tertiary/aromatic N) is 1. The minimum absolute atomic E-state index is 0.179. The van der Waals surface area contributed by atoms with Gasteiger partial charge in [0.25, 0.3) is 0 Å². The smallest absolute Gasteiger partial charge is 0.243 e. The third kappa shape index (κ3) is 2.84. The molecule has 0 bridgehead atoms. The Labute approximate surface area is 109 Å². The molecule has 0 heterocycles. The fraction of sp³-hybridized carbons (Fsp3) is 0.538. The number of nitrogens with two attached hydrogens (primary N) is 1. The van der Waals surface area contributed by atoms with Gasteiger partial charge in [-0.15, -0.1) is 0 Å². The number of hydrogen-bond donors (Lipinski definition) is 1. The summed E-state index contributed by atoms with van der Waals surface area (Å²) in [4.78, 5) is 0.301. The molecule has 0 aromatic heterocycles. The lowest BCUT2D eigenvalue weighted by Gasteiger charge is -2.23. The molecule has 0 radical (unpaired) electrons. The monoisotopic (exact) mass is 268 g/mol. The van der Waals surface area contributed by atoms with Gasteiger partial charge in [0.05, 0.1) is 4.90 Å². The van der Waals surface area contributed by atoms with Gasteiger partial charge < -0.3 is 5.73 Å². The van der Waals surface area contributed by atoms with Gasteiger partial charge in [-0.1, -0.05) is 19.9 Å². The Hall–Kier alpha value is -1.07. The first-order valence-electron chi connectivity index (χ1n) is 6.28. The van der Waals surface area contributed by atoms with Gasteiger partial charge in [0.1, 0.15) is 0 Å². The quantitative estimate of drug-likeness (QED) is 0.832. The van der Waals surface area contributed by atoms with Crippen LogP contribution < -0.4 is 5.73 Å². The first-order valence-corrected chi connectivity index (χ1v) is 7.72. The van der Waals surface area contributed by atoms with Crippen LogP contribution in [0.4, 0.5) is 5.69 Å². The molecule has 1 aliphatic carbocycles. The average molecular weight is 268 g/mol. The minimum atomic E-state index is -3.40. The number of benzene rings is 1. The summed E-state index contributed by atoms with van der Waals surface area (Å²) in [6, 6.07) is 6.71. The second-order valence-electron chi connectivity index (χ2n) is 5.27. The van der Waals surface area contributed by atoms with Gasteiger partial charge in [-0.05, 0) is 37.0 Å². The Kier molecular flexibility index (Phi) is 3.64. The summed E-state index contributed by atoms with van der Waals surface area (Å²) in [7, 11) is -3.40. The third-order valence-electron chi connectivity index (χ3n) is 2.96. The predicted octanol–water partition coefficient (Wildman–Crippen LogP) is 2.08. The van der Waals surface area contributed by atoms with E-state index < -0.39 is 10.0 Å². The van der Waals surface area contributed by atoms with Crippen molar-refractivity contribution in [2.75, 3.05) is 12.3 Å². The number of sulfonamides is 1. The summed E-state index contributed by atoms with van der Waals surface area (Å²) in [5, 5.41) is 0. The van der Waals surface area contributed by atoms with Crippen molar-refractivity contribution in [1.82, 2.24) is 4.31 Å². The van der Waals surface area contributed by atoms with E-state index in [1.165, 1.54) is 6.07 Å². The summed E-state index contributed by atoms with van der Waals surface area (Å²) >= 11 is 0. The van der Waals surface area contributed by atoms with E-state index in [4.69, 9.17) is 5.73 Å². The van der Waals surface area contributed by atoms with Crippen molar-refractivity contribution in [1.29, 1.82) is 0 Å². The molecule has 0 saturated heterocycles. The highest BCUT2D eigenvalue weighted by atomic mass is 32.2. The first-order chi connectivity index (χ1) is 8.41. The predicted molar refractivity (Wildman–Crippen MR) is 72.6 cm³/mol. The van der Waals surface area contributed by atoms with E-state index in [9.17, 15) is 8.42 Å².